The number of piperazine rings is 1. The fraction of sp³-hybridized carbons (Fsp3) is 0.492. The van der Waals surface area contributed by atoms with Gasteiger partial charge in [-0.15, -0.1) is 17.9 Å². The molecule has 4 aromatic heterocycles. The highest BCUT2D eigenvalue weighted by Crippen LogP contribution is 2.34. The van der Waals surface area contributed by atoms with Gasteiger partial charge in [0.05, 0.1) is 34.4 Å². The molecule has 79 heavy (non-hydrogen) atoms. The zero-order valence-electron chi connectivity index (χ0n) is 46.3. The number of fused-ring (bicyclic) bond motifs is 1. The van der Waals surface area contributed by atoms with Crippen LogP contribution >= 0.6 is 11.3 Å². The fourth-order valence-electron chi connectivity index (χ4n) is 11.7. The van der Waals surface area contributed by atoms with Gasteiger partial charge in [-0.05, 0) is 105 Å². The third kappa shape index (κ3) is 12.3. The molecule has 4 fully saturated rings. The van der Waals surface area contributed by atoms with Crippen LogP contribution < -0.4 is 26.4 Å². The van der Waals surface area contributed by atoms with Crippen molar-refractivity contribution in [3.8, 4) is 16.3 Å². The molecule has 3 amide bonds. The predicted octanol–water partition coefficient (Wildman–Crippen LogP) is 5.99. The maximum absolute atomic E-state index is 14.3. The van der Waals surface area contributed by atoms with Crippen molar-refractivity contribution in [2.45, 2.75) is 117 Å². The van der Waals surface area contributed by atoms with Crippen molar-refractivity contribution in [1.29, 1.82) is 0 Å². The monoisotopic (exact) mass is 1090 g/mol. The molecule has 10 rings (SSSR count). The molecule has 1 aliphatic carbocycles. The van der Waals surface area contributed by atoms with E-state index < -0.39 is 29.2 Å². The average Bonchev–Trinajstić information content (AvgIpc) is 4.36. The van der Waals surface area contributed by atoms with Crippen LogP contribution in [0.15, 0.2) is 95.9 Å². The molecule has 3 aliphatic heterocycles. The molecule has 20 heteroatoms. The number of carbonyl (C=O) groups excluding carboxylic acids is 3. The van der Waals surface area contributed by atoms with E-state index in [0.717, 1.165) is 105 Å². The largest absolute Gasteiger partial charge is 0.391 e. The molecule has 0 bridgehead atoms. The Balaban J connectivity index is 0.658. The number of allylic oxidation sites excluding steroid dienone is 1. The number of carbonyl (C=O) groups is 3. The van der Waals surface area contributed by atoms with E-state index in [-0.39, 0.29) is 55.3 Å². The molecule has 0 radical (unpaired) electrons. The Kier molecular flexibility index (Phi) is 16.2. The number of likely N-dealkylation sites (tertiary alicyclic amines) is 2. The van der Waals surface area contributed by atoms with E-state index in [1.165, 1.54) is 15.8 Å². The molecule has 418 valence electrons. The number of nitrogens with one attached hydrogen (secondary N) is 3. The standard InChI is InChI=1S/C59H75N13O6S/c1-8-24-71-55(76)46-31-61-57(66-52(46)72(71)49-11-9-10-48(64-49)59(6,7)78)63-42-18-22-43(23-19-42)68-27-25-67(26-28-68)32-39-33-69(34-39)44-20-16-41(17-21-44)53(74)65-51(58(3,4)5)56(77)70-35-45(73)29-47(70)54(75)60-30-38-12-14-40(15-13-38)50-37(2)62-36-79-50/h8-15,18-19,22-23,31,36,39,41,44-45,47,51,73,78H,1,16-17,20-21,24-30,32-35H2,2-7H3,(H,60,75)(H,65,74)(H,61,63,66)/t41?,44?,45?,47?,51-/m1/s1. The van der Waals surface area contributed by atoms with Crippen LogP contribution in [0.3, 0.4) is 0 Å². The molecular formula is C59H75N13O6S. The summed E-state index contributed by atoms with van der Waals surface area (Å²) in [5, 5.41) is 31.2. The number of nitrogens with zero attached hydrogens (tertiary/aromatic N) is 10. The fourth-order valence-corrected chi connectivity index (χ4v) is 12.5. The quantitative estimate of drug-likeness (QED) is 0.0664. The van der Waals surface area contributed by atoms with Gasteiger partial charge in [-0.1, -0.05) is 57.2 Å². The van der Waals surface area contributed by atoms with Gasteiger partial charge in [0.25, 0.3) is 5.56 Å². The Labute approximate surface area is 465 Å². The smallest absolute Gasteiger partial charge is 0.278 e. The van der Waals surface area contributed by atoms with Crippen molar-refractivity contribution >= 4 is 57.4 Å². The van der Waals surface area contributed by atoms with E-state index in [1.54, 1.807) is 54.1 Å². The highest BCUT2D eigenvalue weighted by molar-refractivity contribution is 7.13. The molecule has 7 heterocycles. The van der Waals surface area contributed by atoms with Gasteiger partial charge in [0, 0.05) is 94.9 Å². The van der Waals surface area contributed by atoms with Crippen molar-refractivity contribution in [1.82, 2.24) is 54.6 Å². The second kappa shape index (κ2) is 23.1. The summed E-state index contributed by atoms with van der Waals surface area (Å²) in [5.74, 6) is 0.421. The maximum atomic E-state index is 14.3. The van der Waals surface area contributed by atoms with Crippen molar-refractivity contribution in [2.24, 2.45) is 17.3 Å². The third-order valence-electron chi connectivity index (χ3n) is 16.2. The number of aliphatic hydroxyl groups is 2. The molecule has 2 aromatic carbocycles. The third-order valence-corrected chi connectivity index (χ3v) is 17.2. The van der Waals surface area contributed by atoms with E-state index >= 15 is 0 Å². The first-order chi connectivity index (χ1) is 37.8. The van der Waals surface area contributed by atoms with Crippen molar-refractivity contribution in [3.63, 3.8) is 0 Å². The number of β-amino-alcohol motifs (C(OH)–C–C–N with tert-alkyl or cyclic N) is 1. The Morgan fingerprint density at radius 1 is 0.886 bits per heavy atom. The van der Waals surface area contributed by atoms with E-state index in [1.807, 2.05) is 69.6 Å². The molecule has 6 aromatic rings. The average molecular weight is 1090 g/mol. The lowest BCUT2D eigenvalue weighted by Crippen LogP contribution is -2.59. The Bertz CT molecular complexity index is 3210. The first-order valence-electron chi connectivity index (χ1n) is 27.8. The van der Waals surface area contributed by atoms with Crippen molar-refractivity contribution < 1.29 is 24.6 Å². The van der Waals surface area contributed by atoms with Crippen LogP contribution in [0.4, 0.5) is 17.3 Å². The number of thiazole rings is 1. The number of aliphatic hydroxyl groups excluding tert-OH is 1. The Morgan fingerprint density at radius 3 is 2.27 bits per heavy atom. The van der Waals surface area contributed by atoms with Gasteiger partial charge >= 0.3 is 0 Å². The molecule has 19 nitrogen and oxygen atoms in total. The van der Waals surface area contributed by atoms with Gasteiger partial charge in [0.1, 0.15) is 23.1 Å². The summed E-state index contributed by atoms with van der Waals surface area (Å²) in [6.45, 7) is 22.5. The predicted molar refractivity (Wildman–Crippen MR) is 307 cm³/mol. The number of pyridine rings is 1. The lowest BCUT2D eigenvalue weighted by atomic mass is 9.81. The summed E-state index contributed by atoms with van der Waals surface area (Å²) >= 11 is 1.59. The zero-order chi connectivity index (χ0) is 55.8. The summed E-state index contributed by atoms with van der Waals surface area (Å²) in [6.07, 6.45) is 5.87. The second-order valence-electron chi connectivity index (χ2n) is 23.5. The van der Waals surface area contributed by atoms with Crippen LogP contribution in [-0.4, -0.2) is 149 Å². The van der Waals surface area contributed by atoms with E-state index in [4.69, 9.17) is 4.98 Å². The lowest BCUT2D eigenvalue weighted by molar-refractivity contribution is -0.144. The van der Waals surface area contributed by atoms with E-state index in [0.29, 0.717) is 40.5 Å². The number of rotatable bonds is 17. The summed E-state index contributed by atoms with van der Waals surface area (Å²) in [6, 6.07) is 20.3. The first-order valence-corrected chi connectivity index (χ1v) is 28.6. The zero-order valence-corrected chi connectivity index (χ0v) is 47.1. The molecule has 3 saturated heterocycles. The molecule has 2 unspecified atom stereocenters. The number of hydrogen-bond donors (Lipinski definition) is 5. The van der Waals surface area contributed by atoms with Gasteiger partial charge in [-0.25, -0.2) is 24.3 Å². The van der Waals surface area contributed by atoms with Crippen molar-refractivity contribution in [3.05, 3.63) is 118 Å². The molecule has 5 N–H and O–H groups in total. The molecule has 1 saturated carbocycles. The highest BCUT2D eigenvalue weighted by Gasteiger charge is 2.45. The highest BCUT2D eigenvalue weighted by atomic mass is 32.1. The SMILES string of the molecule is C=CCn1c(=O)c2cnc(Nc3ccc(N4CCN(CC5CN(C6CCC(C(=O)N[C@H](C(=O)N7CC(O)CC7C(=O)NCc7ccc(-c8scnc8C)cc7)C(C)(C)C)CC6)C5)CC4)cc3)nc2n1-c1cccc(C(C)(C)O)n1. The minimum Gasteiger partial charge on any atom is -0.391 e. The van der Waals surface area contributed by atoms with E-state index in [9.17, 15) is 29.4 Å². The summed E-state index contributed by atoms with van der Waals surface area (Å²) in [5.41, 5.74) is 5.53. The van der Waals surface area contributed by atoms with E-state index in [2.05, 4.69) is 64.3 Å². The summed E-state index contributed by atoms with van der Waals surface area (Å²) in [4.78, 5) is 83.8. The topological polar surface area (TPSA) is 219 Å². The number of aryl methyl sites for hydroxylation is 1. The molecule has 0 spiro atoms. The lowest BCUT2D eigenvalue weighted by Gasteiger charge is -2.48. The number of aromatic nitrogens is 6. The Morgan fingerprint density at radius 2 is 1.61 bits per heavy atom. The summed E-state index contributed by atoms with van der Waals surface area (Å²) in [7, 11) is 0. The first kappa shape index (κ1) is 55.5. The van der Waals surface area contributed by atoms with Crippen LogP contribution in [0, 0.1) is 24.2 Å². The van der Waals surface area contributed by atoms with Gasteiger partial charge < -0.3 is 36.0 Å². The van der Waals surface area contributed by atoms with Gasteiger partial charge in [-0.2, -0.15) is 4.98 Å². The number of amides is 3. The maximum Gasteiger partial charge on any atom is 0.278 e. The van der Waals surface area contributed by atoms with Crippen LogP contribution in [0.2, 0.25) is 0 Å². The van der Waals surface area contributed by atoms with Crippen LogP contribution in [0.25, 0.3) is 27.3 Å². The van der Waals surface area contributed by atoms with Gasteiger partial charge in [-0.3, -0.25) is 29.0 Å². The minimum absolute atomic E-state index is 0.0369. The van der Waals surface area contributed by atoms with Gasteiger partial charge in [0.2, 0.25) is 23.7 Å². The molecular weight excluding hydrogens is 1020 g/mol. The van der Waals surface area contributed by atoms with Gasteiger partial charge in [0.15, 0.2) is 11.5 Å². The summed E-state index contributed by atoms with van der Waals surface area (Å²) < 4.78 is 3.16. The van der Waals surface area contributed by atoms with Crippen LogP contribution in [0.5, 0.6) is 0 Å². The van der Waals surface area contributed by atoms with Crippen LogP contribution in [0.1, 0.15) is 83.7 Å². The molecule has 3 atom stereocenters. The number of benzene rings is 2. The van der Waals surface area contributed by atoms with Crippen molar-refractivity contribution in [2.75, 3.05) is 62.6 Å². The number of hydrogen-bond acceptors (Lipinski definition) is 15. The normalized spacial score (nSPS) is 21.0. The second-order valence-corrected chi connectivity index (χ2v) is 24.4. The van der Waals surface area contributed by atoms with Crippen LogP contribution in [-0.2, 0) is 33.1 Å². The Hall–Kier alpha value is -6.84. The minimum atomic E-state index is -1.18. The molecule has 4 aliphatic rings. The number of anilines is 3.